The van der Waals surface area contributed by atoms with Crippen LogP contribution >= 0.6 is 22.7 Å². The fourth-order valence-electron chi connectivity index (χ4n) is 2.52. The Labute approximate surface area is 156 Å². The molecule has 2 nitrogen and oxygen atoms in total. The number of carbonyl (C=O) groups excluding carboxylic acids is 1. The highest BCUT2D eigenvalue weighted by molar-refractivity contribution is 7.16. The van der Waals surface area contributed by atoms with Crippen LogP contribution in [0.4, 0.5) is 0 Å². The highest BCUT2D eigenvalue weighted by atomic mass is 32.1. The fourth-order valence-corrected chi connectivity index (χ4v) is 4.10. The average Bonchev–Trinajstić information content (AvgIpc) is 3.24. The minimum Gasteiger partial charge on any atom is -0.341 e. The van der Waals surface area contributed by atoms with Gasteiger partial charge in [-0.1, -0.05) is 36.1 Å². The summed E-state index contributed by atoms with van der Waals surface area (Å²) in [6.07, 6.45) is 0. The van der Waals surface area contributed by atoms with Gasteiger partial charge in [0.2, 0.25) is 5.91 Å². The van der Waals surface area contributed by atoms with Crippen LogP contribution in [-0.4, -0.2) is 11.4 Å². The Balaban J connectivity index is 1.83. The van der Waals surface area contributed by atoms with Crippen LogP contribution in [0.3, 0.4) is 0 Å². The van der Waals surface area contributed by atoms with Gasteiger partial charge in [0.05, 0.1) is 10.4 Å². The third-order valence-corrected chi connectivity index (χ3v) is 5.51. The predicted molar refractivity (Wildman–Crippen MR) is 108 cm³/mol. The van der Waals surface area contributed by atoms with Gasteiger partial charge in [0.25, 0.3) is 0 Å². The van der Waals surface area contributed by atoms with Crippen LogP contribution in [0.15, 0.2) is 53.9 Å². The summed E-state index contributed by atoms with van der Waals surface area (Å²) in [6, 6.07) is 16.9. The Morgan fingerprint density at radius 1 is 1.04 bits per heavy atom. The number of nitrogens with one attached hydrogen (secondary N) is 1. The predicted octanol–water partition coefficient (Wildman–Crippen LogP) is 5.41. The average molecular weight is 366 g/mol. The molecule has 2 aromatic heterocycles. The molecule has 0 radical (unpaired) electrons. The molecule has 0 saturated heterocycles. The maximum atomic E-state index is 11.2. The van der Waals surface area contributed by atoms with Gasteiger partial charge in [0.1, 0.15) is 0 Å². The van der Waals surface area contributed by atoms with E-state index in [0.29, 0.717) is 0 Å². The Morgan fingerprint density at radius 2 is 1.80 bits per heavy atom. The monoisotopic (exact) mass is 365 g/mol. The highest BCUT2D eigenvalue weighted by Crippen LogP contribution is 2.32. The highest BCUT2D eigenvalue weighted by Gasteiger charge is 2.14. The second-order valence-electron chi connectivity index (χ2n) is 6.28. The molecule has 1 amide bonds. The van der Waals surface area contributed by atoms with E-state index in [9.17, 15) is 4.79 Å². The van der Waals surface area contributed by atoms with Gasteiger partial charge >= 0.3 is 0 Å². The third kappa shape index (κ3) is 4.60. The molecule has 0 spiro atoms. The summed E-state index contributed by atoms with van der Waals surface area (Å²) in [5.41, 5.74) is 1.90. The van der Waals surface area contributed by atoms with E-state index in [4.69, 9.17) is 0 Å². The van der Waals surface area contributed by atoms with Crippen LogP contribution in [0.25, 0.3) is 20.9 Å². The molecule has 0 aliphatic carbocycles. The van der Waals surface area contributed by atoms with Gasteiger partial charge in [-0.3, -0.25) is 4.79 Å². The number of amides is 1. The van der Waals surface area contributed by atoms with E-state index >= 15 is 0 Å². The first-order chi connectivity index (χ1) is 11.9. The minimum absolute atomic E-state index is 0.0726. The lowest BCUT2D eigenvalue weighted by molar-refractivity contribution is -0.119. The van der Waals surface area contributed by atoms with Crippen LogP contribution in [0, 0.1) is 11.8 Å². The van der Waals surface area contributed by atoms with Crippen LogP contribution in [-0.2, 0) is 4.79 Å². The van der Waals surface area contributed by atoms with Crippen molar-refractivity contribution in [1.82, 2.24) is 5.32 Å². The van der Waals surface area contributed by atoms with Crippen LogP contribution in [0.1, 0.15) is 25.6 Å². The van der Waals surface area contributed by atoms with E-state index in [0.717, 1.165) is 4.88 Å². The molecule has 126 valence electrons. The molecule has 3 aromatic rings. The second kappa shape index (κ2) is 7.26. The third-order valence-electron chi connectivity index (χ3n) is 3.55. The van der Waals surface area contributed by atoms with Crippen molar-refractivity contribution in [3.05, 3.63) is 58.8 Å². The first kappa shape index (κ1) is 17.5. The number of benzene rings is 1. The molecule has 0 saturated carbocycles. The van der Waals surface area contributed by atoms with E-state index in [-0.39, 0.29) is 5.91 Å². The number of hydrogen-bond donors (Lipinski definition) is 1. The summed E-state index contributed by atoms with van der Waals surface area (Å²) in [5.74, 6) is 6.24. The van der Waals surface area contributed by atoms with Crippen molar-refractivity contribution in [2.45, 2.75) is 26.3 Å². The number of carbonyl (C=O) groups is 1. The Morgan fingerprint density at radius 3 is 2.48 bits per heavy atom. The van der Waals surface area contributed by atoms with Crippen molar-refractivity contribution < 1.29 is 4.79 Å². The molecule has 0 aliphatic heterocycles. The normalized spacial score (nSPS) is 10.8. The standard InChI is InChI=1S/C21H19NOS2/c1-15(23)22-21(2,3)12-11-18-9-10-20(25-18)17-7-4-6-16(14-17)19-8-5-13-24-19/h4-10,13-14H,1-3H3,(H,22,23). The second-order valence-corrected chi connectivity index (χ2v) is 8.31. The largest absolute Gasteiger partial charge is 0.341 e. The molecule has 1 aromatic carbocycles. The smallest absolute Gasteiger partial charge is 0.218 e. The first-order valence-electron chi connectivity index (χ1n) is 7.99. The molecule has 0 fully saturated rings. The first-order valence-corrected chi connectivity index (χ1v) is 9.69. The summed E-state index contributed by atoms with van der Waals surface area (Å²) in [5, 5.41) is 4.94. The summed E-state index contributed by atoms with van der Waals surface area (Å²) >= 11 is 3.42. The lowest BCUT2D eigenvalue weighted by Gasteiger charge is -2.17. The summed E-state index contributed by atoms with van der Waals surface area (Å²) < 4.78 is 0. The quantitative estimate of drug-likeness (QED) is 0.618. The SMILES string of the molecule is CC(=O)NC(C)(C)C#Cc1ccc(-c2cccc(-c3cccs3)c2)s1. The molecule has 1 N–H and O–H groups in total. The molecule has 4 heteroatoms. The maximum Gasteiger partial charge on any atom is 0.218 e. The molecule has 0 bridgehead atoms. The number of thiophene rings is 2. The van der Waals surface area contributed by atoms with Crippen molar-refractivity contribution in [1.29, 1.82) is 0 Å². The van der Waals surface area contributed by atoms with Crippen molar-refractivity contribution in [3.63, 3.8) is 0 Å². The molecule has 25 heavy (non-hydrogen) atoms. The summed E-state index contributed by atoms with van der Waals surface area (Å²) in [4.78, 5) is 14.7. The lowest BCUT2D eigenvalue weighted by Crippen LogP contribution is -2.40. The van der Waals surface area contributed by atoms with E-state index in [1.807, 2.05) is 19.9 Å². The van der Waals surface area contributed by atoms with Gasteiger partial charge in [-0.2, -0.15) is 0 Å². The Kier molecular flexibility index (Phi) is 5.08. The molecule has 0 unspecified atom stereocenters. The summed E-state index contributed by atoms with van der Waals surface area (Å²) in [7, 11) is 0. The van der Waals surface area contributed by atoms with Crippen LogP contribution < -0.4 is 5.32 Å². The number of rotatable bonds is 3. The Hall–Kier alpha value is -2.35. The van der Waals surface area contributed by atoms with Gasteiger partial charge in [-0.25, -0.2) is 0 Å². The molecule has 3 rings (SSSR count). The Bertz CT molecular complexity index is 940. The van der Waals surface area contributed by atoms with Crippen LogP contribution in [0.5, 0.6) is 0 Å². The molecular formula is C21H19NOS2. The minimum atomic E-state index is -0.533. The maximum absolute atomic E-state index is 11.2. The molecule has 2 heterocycles. The van der Waals surface area contributed by atoms with E-state index in [2.05, 4.69) is 65.0 Å². The van der Waals surface area contributed by atoms with Gasteiger partial charge < -0.3 is 5.32 Å². The molecule has 0 atom stereocenters. The zero-order chi connectivity index (χ0) is 17.9. The summed E-state index contributed by atoms with van der Waals surface area (Å²) in [6.45, 7) is 5.31. The fraction of sp³-hybridized carbons (Fsp3) is 0.190. The van der Waals surface area contributed by atoms with E-state index < -0.39 is 5.54 Å². The van der Waals surface area contributed by atoms with Crippen LogP contribution in [0.2, 0.25) is 0 Å². The topological polar surface area (TPSA) is 29.1 Å². The van der Waals surface area contributed by atoms with Crippen molar-refractivity contribution in [2.75, 3.05) is 0 Å². The van der Waals surface area contributed by atoms with Gasteiger partial charge in [0, 0.05) is 16.7 Å². The molecular weight excluding hydrogens is 346 g/mol. The van der Waals surface area contributed by atoms with Gasteiger partial charge in [-0.15, -0.1) is 22.7 Å². The molecule has 0 aliphatic rings. The van der Waals surface area contributed by atoms with Gasteiger partial charge in [-0.05, 0) is 54.6 Å². The van der Waals surface area contributed by atoms with E-state index in [1.54, 1.807) is 22.7 Å². The van der Waals surface area contributed by atoms with E-state index in [1.165, 1.54) is 27.8 Å². The lowest BCUT2D eigenvalue weighted by atomic mass is 10.1. The zero-order valence-corrected chi connectivity index (χ0v) is 16.1. The zero-order valence-electron chi connectivity index (χ0n) is 14.4. The van der Waals surface area contributed by atoms with Crippen molar-refractivity contribution in [2.24, 2.45) is 0 Å². The van der Waals surface area contributed by atoms with Crippen molar-refractivity contribution >= 4 is 28.6 Å². The van der Waals surface area contributed by atoms with Gasteiger partial charge in [0.15, 0.2) is 0 Å². The number of hydrogen-bond acceptors (Lipinski definition) is 3. The van der Waals surface area contributed by atoms with Crippen molar-refractivity contribution in [3.8, 4) is 32.7 Å².